The molecule has 2 aromatic heterocycles. The Bertz CT molecular complexity index is 582. The number of hydrogen-bond donors (Lipinski definition) is 2. The van der Waals surface area contributed by atoms with E-state index in [-0.39, 0.29) is 0 Å². The number of fused-ring (bicyclic) bond motifs is 1. The van der Waals surface area contributed by atoms with Gasteiger partial charge in [-0.25, -0.2) is 15.0 Å². The summed E-state index contributed by atoms with van der Waals surface area (Å²) in [7, 11) is 0. The first-order chi connectivity index (χ1) is 10.3. The normalized spacial score (nSPS) is 26.3. The molecule has 0 aromatic carbocycles. The van der Waals surface area contributed by atoms with E-state index in [2.05, 4.69) is 39.1 Å². The average molecular weight is 305 g/mol. The van der Waals surface area contributed by atoms with Crippen LogP contribution in [0, 0.1) is 5.92 Å². The molecule has 1 saturated carbocycles. The van der Waals surface area contributed by atoms with Crippen LogP contribution >= 0.6 is 11.8 Å². The number of H-pyrrole nitrogens is 1. The van der Waals surface area contributed by atoms with Crippen LogP contribution in [0.15, 0.2) is 17.7 Å². The van der Waals surface area contributed by atoms with Gasteiger partial charge in [0.05, 0.1) is 6.33 Å². The third-order valence-corrected chi connectivity index (χ3v) is 5.52. The summed E-state index contributed by atoms with van der Waals surface area (Å²) in [6.45, 7) is 5.67. The lowest BCUT2D eigenvalue weighted by atomic mass is 9.87. The Morgan fingerprint density at radius 2 is 2.24 bits per heavy atom. The van der Waals surface area contributed by atoms with Crippen LogP contribution in [0.4, 0.5) is 0 Å². The van der Waals surface area contributed by atoms with Crippen molar-refractivity contribution in [1.29, 1.82) is 0 Å². The number of rotatable bonds is 5. The predicted molar refractivity (Wildman–Crippen MR) is 86.4 cm³/mol. The van der Waals surface area contributed by atoms with Gasteiger partial charge in [-0.1, -0.05) is 25.6 Å². The second kappa shape index (κ2) is 6.75. The molecule has 0 radical (unpaired) electrons. The third-order valence-electron chi connectivity index (χ3n) is 4.16. The van der Waals surface area contributed by atoms with Crippen molar-refractivity contribution in [1.82, 2.24) is 25.3 Å². The van der Waals surface area contributed by atoms with Crippen molar-refractivity contribution in [2.75, 3.05) is 6.54 Å². The fraction of sp³-hybridized carbons (Fsp3) is 0.667. The van der Waals surface area contributed by atoms with Gasteiger partial charge in [-0.2, -0.15) is 0 Å². The second-order valence-corrected chi connectivity index (χ2v) is 7.14. The maximum absolute atomic E-state index is 4.47. The highest BCUT2D eigenvalue weighted by molar-refractivity contribution is 8.00. The minimum absolute atomic E-state index is 0.571. The highest BCUT2D eigenvalue weighted by Crippen LogP contribution is 2.37. The number of aromatic amines is 1. The Balaban J connectivity index is 1.78. The Morgan fingerprint density at radius 3 is 3.10 bits per heavy atom. The SMILES string of the molecule is CCCNC1CCC(C)CC1Sc1ncnc2nc[nH]c12. The van der Waals surface area contributed by atoms with Gasteiger partial charge in [-0.05, 0) is 38.1 Å². The van der Waals surface area contributed by atoms with Crippen molar-refractivity contribution in [2.45, 2.75) is 55.8 Å². The van der Waals surface area contributed by atoms with Crippen LogP contribution in [0.5, 0.6) is 0 Å². The molecule has 114 valence electrons. The van der Waals surface area contributed by atoms with E-state index in [0.29, 0.717) is 11.3 Å². The van der Waals surface area contributed by atoms with Crippen LogP contribution in [-0.4, -0.2) is 37.8 Å². The highest BCUT2D eigenvalue weighted by atomic mass is 32.2. The monoisotopic (exact) mass is 305 g/mol. The number of hydrogen-bond acceptors (Lipinski definition) is 5. The molecule has 1 aliphatic carbocycles. The molecule has 2 aromatic rings. The molecule has 1 aliphatic rings. The van der Waals surface area contributed by atoms with Crippen LogP contribution in [0.2, 0.25) is 0 Å². The third kappa shape index (κ3) is 3.37. The quantitative estimate of drug-likeness (QED) is 0.831. The molecule has 0 aliphatic heterocycles. The summed E-state index contributed by atoms with van der Waals surface area (Å²) >= 11 is 1.88. The van der Waals surface area contributed by atoms with Crippen LogP contribution in [0.1, 0.15) is 39.5 Å². The van der Waals surface area contributed by atoms with Gasteiger partial charge in [-0.3, -0.25) is 0 Å². The Labute approximate surface area is 129 Å². The van der Waals surface area contributed by atoms with Gasteiger partial charge >= 0.3 is 0 Å². The lowest BCUT2D eigenvalue weighted by molar-refractivity contribution is 0.317. The molecule has 0 amide bonds. The smallest absolute Gasteiger partial charge is 0.181 e. The molecule has 3 atom stereocenters. The zero-order valence-electron chi connectivity index (χ0n) is 12.7. The number of aromatic nitrogens is 4. The fourth-order valence-corrected chi connectivity index (χ4v) is 4.48. The van der Waals surface area contributed by atoms with Crippen molar-refractivity contribution >= 4 is 22.9 Å². The van der Waals surface area contributed by atoms with E-state index in [1.807, 2.05) is 11.8 Å². The van der Waals surface area contributed by atoms with E-state index >= 15 is 0 Å². The van der Waals surface area contributed by atoms with Gasteiger partial charge in [0.2, 0.25) is 0 Å². The van der Waals surface area contributed by atoms with Gasteiger partial charge in [0.15, 0.2) is 5.65 Å². The Hall–Kier alpha value is -1.14. The number of nitrogens with zero attached hydrogens (tertiary/aromatic N) is 3. The van der Waals surface area contributed by atoms with Gasteiger partial charge < -0.3 is 10.3 Å². The van der Waals surface area contributed by atoms with Crippen LogP contribution in [-0.2, 0) is 0 Å². The minimum atomic E-state index is 0.571. The zero-order valence-corrected chi connectivity index (χ0v) is 13.5. The van der Waals surface area contributed by atoms with Gasteiger partial charge in [0, 0.05) is 11.3 Å². The lowest BCUT2D eigenvalue weighted by Crippen LogP contribution is -2.42. The van der Waals surface area contributed by atoms with E-state index in [1.54, 1.807) is 12.7 Å². The maximum Gasteiger partial charge on any atom is 0.181 e. The Morgan fingerprint density at radius 1 is 1.33 bits per heavy atom. The van der Waals surface area contributed by atoms with E-state index in [9.17, 15) is 0 Å². The lowest BCUT2D eigenvalue weighted by Gasteiger charge is -2.35. The number of imidazole rings is 1. The van der Waals surface area contributed by atoms with E-state index in [4.69, 9.17) is 0 Å². The molecule has 6 heteroatoms. The maximum atomic E-state index is 4.47. The predicted octanol–water partition coefficient (Wildman–Crippen LogP) is 3.00. The highest BCUT2D eigenvalue weighted by Gasteiger charge is 2.30. The van der Waals surface area contributed by atoms with Crippen molar-refractivity contribution in [3.05, 3.63) is 12.7 Å². The van der Waals surface area contributed by atoms with E-state index in [1.165, 1.54) is 25.7 Å². The molecular formula is C15H23N5S. The molecule has 2 N–H and O–H groups in total. The topological polar surface area (TPSA) is 66.5 Å². The van der Waals surface area contributed by atoms with Crippen LogP contribution in [0.25, 0.3) is 11.2 Å². The molecule has 0 bridgehead atoms. The average Bonchev–Trinajstić information content (AvgIpc) is 2.96. The first kappa shape index (κ1) is 14.8. The second-order valence-electron chi connectivity index (χ2n) is 5.92. The van der Waals surface area contributed by atoms with Gasteiger partial charge in [0.1, 0.15) is 16.9 Å². The van der Waals surface area contributed by atoms with E-state index < -0.39 is 0 Å². The standard InChI is InChI=1S/C15H23N5S/c1-3-6-16-11-5-4-10(2)7-12(11)21-15-13-14(18-8-17-13)19-9-20-15/h8-12,16H,3-7H2,1-2H3,(H,17,18,19,20). The van der Waals surface area contributed by atoms with Gasteiger partial charge in [-0.15, -0.1) is 0 Å². The molecule has 1 fully saturated rings. The van der Waals surface area contributed by atoms with Crippen molar-refractivity contribution < 1.29 is 0 Å². The summed E-state index contributed by atoms with van der Waals surface area (Å²) in [5.74, 6) is 0.793. The van der Waals surface area contributed by atoms with E-state index in [0.717, 1.165) is 28.7 Å². The zero-order chi connectivity index (χ0) is 14.7. The van der Waals surface area contributed by atoms with Crippen LogP contribution in [0.3, 0.4) is 0 Å². The summed E-state index contributed by atoms with van der Waals surface area (Å²) in [5, 5.41) is 5.31. The molecule has 5 nitrogen and oxygen atoms in total. The molecular weight excluding hydrogens is 282 g/mol. The summed E-state index contributed by atoms with van der Waals surface area (Å²) in [6, 6.07) is 0.582. The number of thioether (sulfide) groups is 1. The van der Waals surface area contributed by atoms with Gasteiger partial charge in [0.25, 0.3) is 0 Å². The van der Waals surface area contributed by atoms with Crippen molar-refractivity contribution in [2.24, 2.45) is 5.92 Å². The summed E-state index contributed by atoms with van der Waals surface area (Å²) in [5.41, 5.74) is 1.73. The fourth-order valence-electron chi connectivity index (χ4n) is 3.00. The molecule has 21 heavy (non-hydrogen) atoms. The summed E-state index contributed by atoms with van der Waals surface area (Å²) in [6.07, 6.45) is 8.32. The Kier molecular flexibility index (Phi) is 4.75. The summed E-state index contributed by atoms with van der Waals surface area (Å²) in [4.78, 5) is 16.1. The largest absolute Gasteiger partial charge is 0.341 e. The molecule has 2 heterocycles. The summed E-state index contributed by atoms with van der Waals surface area (Å²) < 4.78 is 0. The number of nitrogens with one attached hydrogen (secondary N) is 2. The minimum Gasteiger partial charge on any atom is -0.341 e. The molecule has 3 rings (SSSR count). The first-order valence-electron chi connectivity index (χ1n) is 7.82. The van der Waals surface area contributed by atoms with Crippen LogP contribution < -0.4 is 5.32 Å². The van der Waals surface area contributed by atoms with Crippen molar-refractivity contribution in [3.8, 4) is 0 Å². The van der Waals surface area contributed by atoms with Crippen molar-refractivity contribution in [3.63, 3.8) is 0 Å². The first-order valence-corrected chi connectivity index (χ1v) is 8.70. The molecule has 3 unspecified atom stereocenters. The molecule has 0 spiro atoms. The molecule has 0 saturated heterocycles.